The fourth-order valence-electron chi connectivity index (χ4n) is 4.03. The van der Waals surface area contributed by atoms with Crippen LogP contribution in [-0.4, -0.2) is 16.4 Å². The normalized spacial score (nSPS) is 14.6. The number of hydrogen-bond acceptors (Lipinski definition) is 5. The van der Waals surface area contributed by atoms with E-state index >= 15 is 0 Å². The number of hydrogen-bond donors (Lipinski definition) is 0. The second-order valence-electron chi connectivity index (χ2n) is 8.76. The summed E-state index contributed by atoms with van der Waals surface area (Å²) in [6, 6.07) is 24.9. The molecule has 0 saturated heterocycles. The Kier molecular flexibility index (Phi) is 5.54. The number of benzene rings is 3. The van der Waals surface area contributed by atoms with E-state index in [2.05, 4.69) is 4.98 Å². The molecule has 0 aliphatic carbocycles. The highest BCUT2D eigenvalue weighted by molar-refractivity contribution is 6.32. The summed E-state index contributed by atoms with van der Waals surface area (Å²) in [5.74, 6) is 0.0493. The van der Waals surface area contributed by atoms with Crippen LogP contribution in [0.2, 0.25) is 0 Å². The van der Waals surface area contributed by atoms with Gasteiger partial charge in [0.15, 0.2) is 5.60 Å². The van der Waals surface area contributed by atoms with Gasteiger partial charge in [-0.3, -0.25) is 4.79 Å². The minimum atomic E-state index is -1.09. The molecule has 35 heavy (non-hydrogen) atoms. The quantitative estimate of drug-likeness (QED) is 0.358. The Morgan fingerprint density at radius 2 is 1.74 bits per heavy atom. The summed E-state index contributed by atoms with van der Waals surface area (Å²) in [5.41, 5.74) is 1.96. The van der Waals surface area contributed by atoms with Crippen molar-refractivity contribution in [2.45, 2.75) is 26.1 Å². The lowest BCUT2D eigenvalue weighted by Crippen LogP contribution is -2.29. The van der Waals surface area contributed by atoms with E-state index in [4.69, 9.17) is 14.7 Å². The van der Waals surface area contributed by atoms with Crippen molar-refractivity contribution >= 4 is 28.0 Å². The zero-order chi connectivity index (χ0) is 24.6. The molecule has 5 rings (SSSR count). The third kappa shape index (κ3) is 4.24. The molecule has 0 bridgehead atoms. The highest BCUT2D eigenvalue weighted by Gasteiger charge is 2.42. The van der Waals surface area contributed by atoms with Crippen molar-refractivity contribution in [2.75, 3.05) is 0 Å². The fourth-order valence-corrected chi connectivity index (χ4v) is 4.03. The van der Waals surface area contributed by atoms with Crippen molar-refractivity contribution in [1.29, 1.82) is 5.26 Å². The van der Waals surface area contributed by atoms with Crippen molar-refractivity contribution in [2.24, 2.45) is 0 Å². The summed E-state index contributed by atoms with van der Waals surface area (Å²) in [7, 11) is 0. The number of ketones is 1. The van der Waals surface area contributed by atoms with Gasteiger partial charge in [-0.25, -0.2) is 9.37 Å². The number of pyridine rings is 1. The first-order chi connectivity index (χ1) is 16.9. The molecule has 0 spiro atoms. The van der Waals surface area contributed by atoms with Crippen LogP contribution in [0.4, 0.5) is 4.39 Å². The number of carbonyl (C=O) groups is 1. The summed E-state index contributed by atoms with van der Waals surface area (Å²) in [6.45, 7) is 3.66. The Labute approximate surface area is 202 Å². The molecule has 172 valence electrons. The van der Waals surface area contributed by atoms with E-state index in [0.29, 0.717) is 29.1 Å². The molecule has 1 aromatic heterocycles. The number of carbonyl (C=O) groups excluding carboxylic acids is 1. The van der Waals surface area contributed by atoms with Gasteiger partial charge in [-0.05, 0) is 61.9 Å². The lowest BCUT2D eigenvalue weighted by molar-refractivity contribution is -0.125. The Hall–Kier alpha value is -4.50. The zero-order valence-corrected chi connectivity index (χ0v) is 19.2. The second-order valence-corrected chi connectivity index (χ2v) is 8.76. The second kappa shape index (κ2) is 8.69. The number of nitrogens with zero attached hydrogens (tertiary/aromatic N) is 2. The predicted octanol–water partition coefficient (Wildman–Crippen LogP) is 6.07. The highest BCUT2D eigenvalue weighted by atomic mass is 19.1. The fraction of sp³-hybridized carbons (Fsp3) is 0.138. The maximum absolute atomic E-state index is 14.3. The van der Waals surface area contributed by atoms with Gasteiger partial charge >= 0.3 is 0 Å². The summed E-state index contributed by atoms with van der Waals surface area (Å²) < 4.78 is 26.1. The lowest BCUT2D eigenvalue weighted by atomic mass is 9.92. The van der Waals surface area contributed by atoms with Crippen LogP contribution < -0.4 is 4.74 Å². The van der Waals surface area contributed by atoms with E-state index < -0.39 is 11.4 Å². The summed E-state index contributed by atoms with van der Waals surface area (Å²) in [4.78, 5) is 17.8. The summed E-state index contributed by atoms with van der Waals surface area (Å²) >= 11 is 0. The van der Waals surface area contributed by atoms with Gasteiger partial charge in [0.25, 0.3) is 0 Å². The van der Waals surface area contributed by atoms with Crippen molar-refractivity contribution in [1.82, 2.24) is 4.98 Å². The number of para-hydroxylation sites is 1. The molecule has 0 atom stereocenters. The van der Waals surface area contributed by atoms with Gasteiger partial charge in [-0.1, -0.05) is 36.4 Å². The van der Waals surface area contributed by atoms with Crippen LogP contribution in [-0.2, 0) is 16.1 Å². The molecule has 0 radical (unpaired) electrons. The molecular formula is C29H21FN2O3. The van der Waals surface area contributed by atoms with Gasteiger partial charge in [-0.2, -0.15) is 5.26 Å². The molecule has 2 heterocycles. The minimum absolute atomic E-state index is 0.0677. The number of nitriles is 1. The van der Waals surface area contributed by atoms with E-state index in [1.54, 1.807) is 50.2 Å². The van der Waals surface area contributed by atoms with Crippen molar-refractivity contribution in [3.05, 3.63) is 107 Å². The number of aromatic nitrogens is 1. The number of rotatable bonds is 5. The summed E-state index contributed by atoms with van der Waals surface area (Å²) in [5, 5.41) is 10.1. The molecule has 1 aliphatic heterocycles. The topological polar surface area (TPSA) is 72.2 Å². The van der Waals surface area contributed by atoms with Crippen LogP contribution in [0.3, 0.4) is 0 Å². The Balaban J connectivity index is 1.41. The smallest absolute Gasteiger partial charge is 0.210 e. The molecule has 4 aromatic rings. The molecule has 0 amide bonds. The average molecular weight is 464 g/mol. The van der Waals surface area contributed by atoms with Crippen molar-refractivity contribution in [3.63, 3.8) is 0 Å². The average Bonchev–Trinajstić information content (AvgIpc) is 3.11. The molecule has 3 aromatic carbocycles. The lowest BCUT2D eigenvalue weighted by Gasteiger charge is -2.17. The number of Topliss-reactive ketones (excluding diaryl/α,β-unsaturated/α-hetero) is 1. The van der Waals surface area contributed by atoms with Gasteiger partial charge in [0.2, 0.25) is 5.78 Å². The van der Waals surface area contributed by atoms with Crippen molar-refractivity contribution < 1.29 is 18.7 Å². The van der Waals surface area contributed by atoms with Gasteiger partial charge < -0.3 is 9.47 Å². The molecule has 0 unspecified atom stereocenters. The molecule has 5 nitrogen and oxygen atoms in total. The number of halogens is 1. The van der Waals surface area contributed by atoms with E-state index in [1.165, 1.54) is 12.1 Å². The first-order valence-electron chi connectivity index (χ1n) is 11.1. The first kappa shape index (κ1) is 22.3. The predicted molar refractivity (Wildman–Crippen MR) is 131 cm³/mol. The Morgan fingerprint density at radius 3 is 2.49 bits per heavy atom. The van der Waals surface area contributed by atoms with E-state index in [9.17, 15) is 9.18 Å². The minimum Gasteiger partial charge on any atom is -0.487 e. The zero-order valence-electron chi connectivity index (χ0n) is 19.2. The van der Waals surface area contributed by atoms with Crippen LogP contribution in [0.15, 0.2) is 78.9 Å². The maximum Gasteiger partial charge on any atom is 0.210 e. The Bertz CT molecular complexity index is 1530. The van der Waals surface area contributed by atoms with Gasteiger partial charge in [0.05, 0.1) is 22.3 Å². The van der Waals surface area contributed by atoms with E-state index in [-0.39, 0.29) is 17.1 Å². The van der Waals surface area contributed by atoms with E-state index in [0.717, 1.165) is 16.6 Å². The van der Waals surface area contributed by atoms with Crippen molar-refractivity contribution in [3.8, 4) is 11.8 Å². The van der Waals surface area contributed by atoms with Gasteiger partial charge in [-0.15, -0.1) is 0 Å². The largest absolute Gasteiger partial charge is 0.487 e. The van der Waals surface area contributed by atoms with Crippen LogP contribution in [0.1, 0.15) is 36.2 Å². The molecule has 0 N–H and O–H groups in total. The van der Waals surface area contributed by atoms with Crippen LogP contribution in [0.25, 0.3) is 22.2 Å². The molecule has 0 fully saturated rings. The number of ether oxygens (including phenoxy) is 2. The highest BCUT2D eigenvalue weighted by Crippen LogP contribution is 2.41. The molecule has 0 saturated carbocycles. The maximum atomic E-state index is 14.3. The standard InChI is InChI=1S/C29H21FN2O3/c1-29(2)28(33)26(27(35-29)20-7-8-21(16-31)24(30)15-20)19-10-13-23(14-11-19)34-17-22-12-9-18-5-3-4-6-25(18)32-22/h3-15H,17H2,1-2H3. The third-order valence-corrected chi connectivity index (χ3v) is 5.90. The van der Waals surface area contributed by atoms with Crippen LogP contribution >= 0.6 is 0 Å². The van der Waals surface area contributed by atoms with Gasteiger partial charge in [0.1, 0.15) is 30.0 Å². The van der Waals surface area contributed by atoms with Crippen LogP contribution in [0.5, 0.6) is 5.75 Å². The molecule has 6 heteroatoms. The monoisotopic (exact) mass is 464 g/mol. The van der Waals surface area contributed by atoms with Crippen LogP contribution in [0, 0.1) is 17.1 Å². The Morgan fingerprint density at radius 1 is 1.00 bits per heavy atom. The molecular weight excluding hydrogens is 443 g/mol. The first-order valence-corrected chi connectivity index (χ1v) is 11.1. The van der Waals surface area contributed by atoms with Gasteiger partial charge in [0, 0.05) is 10.9 Å². The van der Waals surface area contributed by atoms with E-state index in [1.807, 2.05) is 36.4 Å². The molecule has 1 aliphatic rings. The SMILES string of the molecule is CC1(C)OC(c2ccc(C#N)c(F)c2)=C(c2ccc(OCc3ccc4ccccc4n3)cc2)C1=O. The number of fused-ring (bicyclic) bond motifs is 1. The third-order valence-electron chi connectivity index (χ3n) is 5.90. The summed E-state index contributed by atoms with van der Waals surface area (Å²) in [6.07, 6.45) is 0.